The molecule has 2 aromatic rings. The maximum absolute atomic E-state index is 6.40. The number of hydrogen-bond acceptors (Lipinski definition) is 6. The third-order valence-corrected chi connectivity index (χ3v) is 7.34. The summed E-state index contributed by atoms with van der Waals surface area (Å²) in [5, 5.41) is 1.43. The molecule has 0 bridgehead atoms. The molecule has 3 heterocycles. The summed E-state index contributed by atoms with van der Waals surface area (Å²) in [6.45, 7) is 3.88. The number of ether oxygens (including phenoxy) is 2. The van der Waals surface area contributed by atoms with Crippen molar-refractivity contribution in [2.75, 3.05) is 26.3 Å². The fourth-order valence-corrected chi connectivity index (χ4v) is 6.11. The van der Waals surface area contributed by atoms with Gasteiger partial charge >= 0.3 is 0 Å². The predicted molar refractivity (Wildman–Crippen MR) is 104 cm³/mol. The van der Waals surface area contributed by atoms with Gasteiger partial charge in [0.1, 0.15) is 10.9 Å². The van der Waals surface area contributed by atoms with Gasteiger partial charge in [-0.1, -0.05) is 0 Å². The molecule has 0 aromatic carbocycles. The second-order valence-corrected chi connectivity index (χ2v) is 8.95. The summed E-state index contributed by atoms with van der Waals surface area (Å²) in [5.41, 5.74) is 1.40. The van der Waals surface area contributed by atoms with E-state index < -0.39 is 0 Å². The molecule has 0 unspecified atom stereocenters. The molecule has 5 nitrogen and oxygen atoms in total. The molecule has 0 radical (unpaired) electrons. The Bertz CT molecular complexity index is 798. The van der Waals surface area contributed by atoms with Gasteiger partial charge in [-0.2, -0.15) is 4.98 Å². The molecule has 5 rings (SSSR count). The Balaban J connectivity index is 1.31. The zero-order chi connectivity index (χ0) is 17.5. The molecule has 2 fully saturated rings. The van der Waals surface area contributed by atoms with Crippen LogP contribution < -0.4 is 4.74 Å². The first-order valence-electron chi connectivity index (χ1n) is 9.74. The van der Waals surface area contributed by atoms with Gasteiger partial charge in [-0.25, -0.2) is 4.98 Å². The van der Waals surface area contributed by atoms with Crippen molar-refractivity contribution in [2.24, 2.45) is 0 Å². The van der Waals surface area contributed by atoms with Crippen molar-refractivity contribution in [3.8, 4) is 5.88 Å². The highest BCUT2D eigenvalue weighted by atomic mass is 35.5. The normalized spacial score (nSPS) is 27.0. The van der Waals surface area contributed by atoms with Crippen LogP contribution in [0, 0.1) is 0 Å². The van der Waals surface area contributed by atoms with Gasteiger partial charge in [0, 0.05) is 24.0 Å². The number of aromatic nitrogens is 2. The maximum atomic E-state index is 6.40. The molecule has 0 N–H and O–H groups in total. The number of halogens is 1. The molecule has 140 valence electrons. The van der Waals surface area contributed by atoms with E-state index in [0.717, 1.165) is 62.2 Å². The molecule has 26 heavy (non-hydrogen) atoms. The van der Waals surface area contributed by atoms with Gasteiger partial charge in [0.05, 0.1) is 18.6 Å². The van der Waals surface area contributed by atoms with Crippen molar-refractivity contribution >= 4 is 33.2 Å². The molecule has 0 amide bonds. The summed E-state index contributed by atoms with van der Waals surface area (Å²) in [6, 6.07) is 0.679. The minimum absolute atomic E-state index is 0.235. The lowest BCUT2D eigenvalue weighted by molar-refractivity contribution is -0.00126. The van der Waals surface area contributed by atoms with E-state index in [1.807, 2.05) is 0 Å². The monoisotopic (exact) mass is 393 g/mol. The van der Waals surface area contributed by atoms with E-state index >= 15 is 0 Å². The Morgan fingerprint density at radius 3 is 2.69 bits per heavy atom. The van der Waals surface area contributed by atoms with Crippen LogP contribution in [0.15, 0.2) is 0 Å². The first kappa shape index (κ1) is 17.2. The van der Waals surface area contributed by atoms with Crippen LogP contribution in [-0.2, 0) is 17.6 Å². The van der Waals surface area contributed by atoms with E-state index in [1.165, 1.54) is 29.7 Å². The summed E-state index contributed by atoms with van der Waals surface area (Å²) in [6.07, 6.45) is 8.26. The van der Waals surface area contributed by atoms with E-state index in [0.29, 0.717) is 17.2 Å². The number of rotatable bonds is 3. The van der Waals surface area contributed by atoms with Crippen molar-refractivity contribution in [3.63, 3.8) is 0 Å². The first-order chi connectivity index (χ1) is 12.8. The lowest BCUT2D eigenvalue weighted by atomic mass is 9.91. The van der Waals surface area contributed by atoms with Gasteiger partial charge in [-0.3, -0.25) is 4.90 Å². The van der Waals surface area contributed by atoms with E-state index in [9.17, 15) is 0 Å². The summed E-state index contributed by atoms with van der Waals surface area (Å²) < 4.78 is 11.9. The molecular weight excluding hydrogens is 370 g/mol. The summed E-state index contributed by atoms with van der Waals surface area (Å²) in [4.78, 5) is 13.9. The highest BCUT2D eigenvalue weighted by Gasteiger charge is 2.29. The van der Waals surface area contributed by atoms with Gasteiger partial charge in [-0.05, 0) is 62.1 Å². The molecule has 3 aliphatic rings. The van der Waals surface area contributed by atoms with Crippen LogP contribution in [0.25, 0.3) is 10.2 Å². The van der Waals surface area contributed by atoms with Crippen LogP contribution in [0.1, 0.15) is 42.5 Å². The predicted octanol–water partition coefficient (Wildman–Crippen LogP) is 3.86. The number of aryl methyl sites for hydroxylation is 2. The lowest BCUT2D eigenvalue weighted by Crippen LogP contribution is -2.46. The van der Waals surface area contributed by atoms with Crippen LogP contribution in [0.4, 0.5) is 0 Å². The average molecular weight is 394 g/mol. The Morgan fingerprint density at radius 2 is 1.88 bits per heavy atom. The molecule has 7 heteroatoms. The number of nitrogens with zero attached hydrogens (tertiary/aromatic N) is 3. The highest BCUT2D eigenvalue weighted by molar-refractivity contribution is 7.19. The summed E-state index contributed by atoms with van der Waals surface area (Å²) in [7, 11) is 0. The fourth-order valence-electron chi connectivity index (χ4n) is 4.65. The van der Waals surface area contributed by atoms with Crippen LogP contribution in [-0.4, -0.2) is 53.3 Å². The number of thiophene rings is 1. The second kappa shape index (κ2) is 7.23. The third kappa shape index (κ3) is 3.21. The van der Waals surface area contributed by atoms with Gasteiger partial charge in [0.2, 0.25) is 11.2 Å². The van der Waals surface area contributed by atoms with Crippen LogP contribution in [0.3, 0.4) is 0 Å². The van der Waals surface area contributed by atoms with E-state index in [4.69, 9.17) is 21.1 Å². The van der Waals surface area contributed by atoms with Gasteiger partial charge in [0.15, 0.2) is 0 Å². The summed E-state index contributed by atoms with van der Waals surface area (Å²) in [5.74, 6) is 0.717. The van der Waals surface area contributed by atoms with Crippen molar-refractivity contribution in [1.29, 1.82) is 0 Å². The minimum atomic E-state index is 0.235. The zero-order valence-electron chi connectivity index (χ0n) is 14.9. The molecule has 1 saturated heterocycles. The van der Waals surface area contributed by atoms with Crippen molar-refractivity contribution in [1.82, 2.24) is 14.9 Å². The lowest BCUT2D eigenvalue weighted by Gasteiger charge is -2.38. The zero-order valence-corrected chi connectivity index (χ0v) is 16.4. The number of morpholine rings is 1. The SMILES string of the molecule is Clc1nc(O[C@H]2CC[C@H](N3CCOCC3)CC2)c2c3c(sc2n1)CCC3. The number of fused-ring (bicyclic) bond motifs is 3. The Kier molecular flexibility index (Phi) is 4.77. The van der Waals surface area contributed by atoms with Crippen molar-refractivity contribution in [3.05, 3.63) is 15.7 Å². The van der Waals surface area contributed by atoms with Gasteiger partial charge < -0.3 is 9.47 Å². The molecule has 0 spiro atoms. The van der Waals surface area contributed by atoms with E-state index in [-0.39, 0.29) is 6.10 Å². The fraction of sp³-hybridized carbons (Fsp3) is 0.684. The second-order valence-electron chi connectivity index (χ2n) is 7.53. The smallest absolute Gasteiger partial charge is 0.227 e. The molecule has 2 aliphatic carbocycles. The van der Waals surface area contributed by atoms with Gasteiger partial charge in [-0.15, -0.1) is 11.3 Å². The third-order valence-electron chi connectivity index (χ3n) is 5.99. The molecule has 1 saturated carbocycles. The Hall–Kier alpha value is -0.950. The van der Waals surface area contributed by atoms with E-state index in [2.05, 4.69) is 14.9 Å². The molecule has 1 aliphatic heterocycles. The summed E-state index contributed by atoms with van der Waals surface area (Å²) >= 11 is 7.94. The Morgan fingerprint density at radius 1 is 1.08 bits per heavy atom. The standard InChI is InChI=1S/C19H24ClN3O2S/c20-19-21-17(16-14-2-1-3-15(14)26-18(16)22-19)25-13-6-4-12(5-7-13)23-8-10-24-11-9-23/h12-13H,1-11H2/t12-,13-. The first-order valence-corrected chi connectivity index (χ1v) is 10.9. The average Bonchev–Trinajstić information content (AvgIpc) is 3.23. The Labute approximate surface area is 162 Å². The largest absolute Gasteiger partial charge is 0.474 e. The topological polar surface area (TPSA) is 47.5 Å². The molecule has 2 aromatic heterocycles. The van der Waals surface area contributed by atoms with Gasteiger partial charge in [0.25, 0.3) is 0 Å². The van der Waals surface area contributed by atoms with Crippen molar-refractivity contribution in [2.45, 2.75) is 57.1 Å². The quantitative estimate of drug-likeness (QED) is 0.741. The van der Waals surface area contributed by atoms with Crippen LogP contribution in [0.5, 0.6) is 5.88 Å². The van der Waals surface area contributed by atoms with E-state index in [1.54, 1.807) is 11.3 Å². The molecule has 0 atom stereocenters. The maximum Gasteiger partial charge on any atom is 0.227 e. The van der Waals surface area contributed by atoms with Crippen LogP contribution in [0.2, 0.25) is 5.28 Å². The minimum Gasteiger partial charge on any atom is -0.474 e. The van der Waals surface area contributed by atoms with Crippen molar-refractivity contribution < 1.29 is 9.47 Å². The number of hydrogen-bond donors (Lipinski definition) is 0. The molecular formula is C19H24ClN3O2S. The highest BCUT2D eigenvalue weighted by Crippen LogP contribution is 2.41. The van der Waals surface area contributed by atoms with Crippen LogP contribution >= 0.6 is 22.9 Å².